The summed E-state index contributed by atoms with van der Waals surface area (Å²) in [4.78, 5) is 31.6. The van der Waals surface area contributed by atoms with Crippen molar-refractivity contribution in [3.05, 3.63) is 94.4 Å². The van der Waals surface area contributed by atoms with Crippen LogP contribution in [0.2, 0.25) is 0 Å². The van der Waals surface area contributed by atoms with Crippen molar-refractivity contribution in [3.8, 4) is 0 Å². The first-order valence-corrected chi connectivity index (χ1v) is 11.9. The molecule has 1 saturated heterocycles. The maximum Gasteiger partial charge on any atom is 0.262 e. The zero-order valence-electron chi connectivity index (χ0n) is 18.5. The molecule has 166 valence electrons. The van der Waals surface area contributed by atoms with Crippen molar-refractivity contribution in [1.82, 2.24) is 4.90 Å². The number of piperazine rings is 1. The number of carbonyl (C=O) groups is 2. The van der Waals surface area contributed by atoms with Crippen molar-refractivity contribution in [3.63, 3.8) is 0 Å². The Hall–Kier alpha value is -3.51. The number of nitrogens with one attached hydrogen (secondary N) is 1. The Morgan fingerprint density at radius 3 is 2.48 bits per heavy atom. The number of hydrogen-bond acceptors (Lipinski definition) is 4. The van der Waals surface area contributed by atoms with Crippen LogP contribution in [0.15, 0.2) is 82.6 Å². The minimum Gasteiger partial charge on any atom is -0.368 e. The van der Waals surface area contributed by atoms with E-state index in [1.165, 1.54) is 17.4 Å². The number of carbonyl (C=O) groups excluding carboxylic acids is 2. The summed E-state index contributed by atoms with van der Waals surface area (Å²) in [6.45, 7) is 5.00. The van der Waals surface area contributed by atoms with Crippen LogP contribution < -0.4 is 10.2 Å². The first kappa shape index (κ1) is 21.3. The van der Waals surface area contributed by atoms with Crippen molar-refractivity contribution >= 4 is 41.0 Å². The molecule has 3 aromatic rings. The number of hydrogen-bond donors (Lipinski definition) is 1. The second-order valence-electron chi connectivity index (χ2n) is 8.30. The molecule has 33 heavy (non-hydrogen) atoms. The number of benzene rings is 3. The normalized spacial score (nSPS) is 17.0. The average molecular weight is 456 g/mol. The number of nitrogens with zero attached hydrogens (tertiary/aromatic N) is 2. The Kier molecular flexibility index (Phi) is 5.92. The fraction of sp³-hybridized carbons (Fsp3) is 0.185. The molecule has 0 atom stereocenters. The standard InChI is InChI=1S/C27H25N3O2S/c1-19-6-5-7-20(16-19)17-25-26(31)28-23-18-21(10-11-24(23)33-25)27(32)30-14-12-29(13-15-30)22-8-3-2-4-9-22/h2-11,16-18H,12-15H2,1H3,(H,28,31)/b25-17+. The molecule has 0 radical (unpaired) electrons. The van der Waals surface area contributed by atoms with Gasteiger partial charge >= 0.3 is 0 Å². The fourth-order valence-corrected chi connectivity index (χ4v) is 5.13. The monoisotopic (exact) mass is 455 g/mol. The maximum atomic E-state index is 13.1. The summed E-state index contributed by atoms with van der Waals surface area (Å²) in [6, 6.07) is 23.9. The Morgan fingerprint density at radius 2 is 1.73 bits per heavy atom. The van der Waals surface area contributed by atoms with Crippen LogP contribution in [-0.4, -0.2) is 42.9 Å². The summed E-state index contributed by atoms with van der Waals surface area (Å²) in [5.74, 6) is -0.138. The predicted molar refractivity (Wildman–Crippen MR) is 135 cm³/mol. The summed E-state index contributed by atoms with van der Waals surface area (Å²) >= 11 is 1.44. The van der Waals surface area contributed by atoms with E-state index in [2.05, 4.69) is 28.4 Å². The number of para-hydroxylation sites is 1. The Labute approximate surface area is 198 Å². The number of rotatable bonds is 3. The van der Waals surface area contributed by atoms with Gasteiger partial charge in [0.15, 0.2) is 0 Å². The molecule has 5 rings (SSSR count). The van der Waals surface area contributed by atoms with Gasteiger partial charge in [-0.25, -0.2) is 0 Å². The molecule has 3 aromatic carbocycles. The maximum absolute atomic E-state index is 13.1. The van der Waals surface area contributed by atoms with Crippen LogP contribution in [-0.2, 0) is 4.79 Å². The first-order chi connectivity index (χ1) is 16.1. The van der Waals surface area contributed by atoms with Gasteiger partial charge in [0.1, 0.15) is 0 Å². The van der Waals surface area contributed by atoms with Crippen molar-refractivity contribution in [2.75, 3.05) is 36.4 Å². The van der Waals surface area contributed by atoms with Gasteiger partial charge in [-0.1, -0.05) is 59.8 Å². The highest BCUT2D eigenvalue weighted by Gasteiger charge is 2.25. The van der Waals surface area contributed by atoms with E-state index in [1.54, 1.807) is 6.07 Å². The van der Waals surface area contributed by atoms with Crippen molar-refractivity contribution in [1.29, 1.82) is 0 Å². The summed E-state index contributed by atoms with van der Waals surface area (Å²) in [6.07, 6.45) is 1.90. The number of anilines is 2. The molecule has 0 unspecified atom stereocenters. The summed E-state index contributed by atoms with van der Waals surface area (Å²) in [5.41, 5.74) is 4.64. The zero-order valence-corrected chi connectivity index (χ0v) is 19.3. The fourth-order valence-electron chi connectivity index (χ4n) is 4.19. The summed E-state index contributed by atoms with van der Waals surface area (Å²) in [7, 11) is 0. The van der Waals surface area contributed by atoms with Crippen LogP contribution in [0, 0.1) is 6.92 Å². The largest absolute Gasteiger partial charge is 0.368 e. The molecular formula is C27H25N3O2S. The molecule has 2 aliphatic rings. The second-order valence-corrected chi connectivity index (χ2v) is 9.39. The molecule has 0 aromatic heterocycles. The van der Waals surface area contributed by atoms with E-state index in [0.717, 1.165) is 29.1 Å². The highest BCUT2D eigenvalue weighted by Crippen LogP contribution is 2.39. The minimum atomic E-state index is -0.143. The summed E-state index contributed by atoms with van der Waals surface area (Å²) < 4.78 is 0. The van der Waals surface area contributed by atoms with Crippen LogP contribution in [0.1, 0.15) is 21.5 Å². The van der Waals surface area contributed by atoms with Gasteiger partial charge in [0.25, 0.3) is 11.8 Å². The third-order valence-electron chi connectivity index (χ3n) is 5.95. The highest BCUT2D eigenvalue weighted by molar-refractivity contribution is 8.04. The molecule has 2 heterocycles. The van der Waals surface area contributed by atoms with Gasteiger partial charge in [-0.05, 0) is 48.9 Å². The zero-order chi connectivity index (χ0) is 22.8. The van der Waals surface area contributed by atoms with Gasteiger partial charge in [-0.2, -0.15) is 0 Å². The molecule has 0 spiro atoms. The van der Waals surface area contributed by atoms with E-state index in [0.29, 0.717) is 29.2 Å². The topological polar surface area (TPSA) is 52.7 Å². The minimum absolute atomic E-state index is 0.00543. The molecule has 1 N–H and O–H groups in total. The van der Waals surface area contributed by atoms with Crippen LogP contribution >= 0.6 is 11.8 Å². The highest BCUT2D eigenvalue weighted by atomic mass is 32.2. The van der Waals surface area contributed by atoms with Crippen LogP contribution in [0.25, 0.3) is 6.08 Å². The molecule has 0 saturated carbocycles. The molecule has 0 aliphatic carbocycles. The lowest BCUT2D eigenvalue weighted by molar-refractivity contribution is -0.112. The first-order valence-electron chi connectivity index (χ1n) is 11.1. The number of thioether (sulfide) groups is 1. The number of fused-ring (bicyclic) bond motifs is 1. The molecule has 1 fully saturated rings. The van der Waals surface area contributed by atoms with E-state index in [4.69, 9.17) is 0 Å². The van der Waals surface area contributed by atoms with E-state index in [1.807, 2.05) is 66.4 Å². The van der Waals surface area contributed by atoms with Crippen LogP contribution in [0.3, 0.4) is 0 Å². The Bertz CT molecular complexity index is 1230. The number of amides is 2. The molecule has 2 amide bonds. The van der Waals surface area contributed by atoms with Gasteiger partial charge in [-0.15, -0.1) is 0 Å². The van der Waals surface area contributed by atoms with E-state index in [9.17, 15) is 9.59 Å². The van der Waals surface area contributed by atoms with Crippen molar-refractivity contribution < 1.29 is 9.59 Å². The van der Waals surface area contributed by atoms with Crippen molar-refractivity contribution in [2.45, 2.75) is 11.8 Å². The molecule has 5 nitrogen and oxygen atoms in total. The second kappa shape index (κ2) is 9.16. The lowest BCUT2D eigenvalue weighted by atomic mass is 10.1. The smallest absolute Gasteiger partial charge is 0.262 e. The predicted octanol–water partition coefficient (Wildman–Crippen LogP) is 5.04. The van der Waals surface area contributed by atoms with Gasteiger partial charge in [0, 0.05) is 42.3 Å². The molecule has 6 heteroatoms. The van der Waals surface area contributed by atoms with E-state index in [-0.39, 0.29) is 11.8 Å². The quantitative estimate of drug-likeness (QED) is 0.562. The third-order valence-corrected chi connectivity index (χ3v) is 7.05. The molecule has 0 bridgehead atoms. The van der Waals surface area contributed by atoms with E-state index >= 15 is 0 Å². The molecule has 2 aliphatic heterocycles. The van der Waals surface area contributed by atoms with Gasteiger partial charge in [0.05, 0.1) is 10.6 Å². The van der Waals surface area contributed by atoms with E-state index < -0.39 is 0 Å². The van der Waals surface area contributed by atoms with Gasteiger partial charge in [-0.3, -0.25) is 9.59 Å². The van der Waals surface area contributed by atoms with Crippen molar-refractivity contribution in [2.24, 2.45) is 0 Å². The lowest BCUT2D eigenvalue weighted by Gasteiger charge is -2.36. The number of aryl methyl sites for hydroxylation is 1. The SMILES string of the molecule is Cc1cccc(/C=C2/Sc3ccc(C(=O)N4CCN(c5ccccc5)CC4)cc3NC2=O)c1. The lowest BCUT2D eigenvalue weighted by Crippen LogP contribution is -2.48. The van der Waals surface area contributed by atoms with Gasteiger partial charge < -0.3 is 15.1 Å². The average Bonchev–Trinajstić information content (AvgIpc) is 2.84. The van der Waals surface area contributed by atoms with Crippen LogP contribution in [0.5, 0.6) is 0 Å². The van der Waals surface area contributed by atoms with Crippen LogP contribution in [0.4, 0.5) is 11.4 Å². The Morgan fingerprint density at radius 1 is 0.939 bits per heavy atom. The van der Waals surface area contributed by atoms with Gasteiger partial charge in [0.2, 0.25) is 0 Å². The third kappa shape index (κ3) is 4.66. The Balaban J connectivity index is 1.28. The summed E-state index contributed by atoms with van der Waals surface area (Å²) in [5, 5.41) is 2.96. The molecular weight excluding hydrogens is 430 g/mol.